The molecule has 0 spiro atoms. The Morgan fingerprint density at radius 2 is 1.88 bits per heavy atom. The van der Waals surface area contributed by atoms with Crippen LogP contribution in [0.3, 0.4) is 0 Å². The molecule has 0 aliphatic carbocycles. The maximum Gasteiger partial charge on any atom is 0.257 e. The molecule has 1 N–H and O–H groups in total. The third kappa shape index (κ3) is 4.03. The fourth-order valence-corrected chi connectivity index (χ4v) is 2.95. The molecule has 0 atom stereocenters. The van der Waals surface area contributed by atoms with Crippen LogP contribution in [0.5, 0.6) is 0 Å². The number of carbonyl (C=O) groups excluding carboxylic acids is 1. The van der Waals surface area contributed by atoms with E-state index in [4.69, 9.17) is 11.6 Å². The fraction of sp³-hybridized carbons (Fsp3) is 0.143. The Balaban J connectivity index is 1.87. The Morgan fingerprint density at radius 3 is 2.62 bits per heavy atom. The summed E-state index contributed by atoms with van der Waals surface area (Å²) in [7, 11) is 0. The average molecular weight is 366 g/mol. The number of aromatic nitrogens is 1. The van der Waals surface area contributed by atoms with Crippen molar-refractivity contribution in [1.29, 1.82) is 0 Å². The molecule has 26 heavy (non-hydrogen) atoms. The van der Waals surface area contributed by atoms with Gasteiger partial charge < -0.3 is 10.2 Å². The van der Waals surface area contributed by atoms with E-state index in [-0.39, 0.29) is 5.91 Å². The quantitative estimate of drug-likeness (QED) is 0.653. The maximum absolute atomic E-state index is 12.6. The number of amides is 1. The lowest BCUT2D eigenvalue weighted by molar-refractivity contribution is 0.102. The summed E-state index contributed by atoms with van der Waals surface area (Å²) in [5, 5.41) is 3.33. The largest absolute Gasteiger partial charge is 0.340 e. The van der Waals surface area contributed by atoms with Gasteiger partial charge in [-0.25, -0.2) is 0 Å². The molecule has 4 nitrogen and oxygen atoms in total. The van der Waals surface area contributed by atoms with E-state index >= 15 is 0 Å². The van der Waals surface area contributed by atoms with Crippen molar-refractivity contribution in [3.05, 3.63) is 83.1 Å². The Labute approximate surface area is 158 Å². The molecule has 3 aromatic rings. The Bertz CT molecular complexity index is 926. The second kappa shape index (κ2) is 8.02. The number of aryl methyl sites for hydroxylation is 1. The van der Waals surface area contributed by atoms with Crippen LogP contribution in [0.2, 0.25) is 5.02 Å². The number of para-hydroxylation sites is 1. The van der Waals surface area contributed by atoms with Crippen molar-refractivity contribution in [2.24, 2.45) is 0 Å². The first kappa shape index (κ1) is 18.0. The molecule has 0 aliphatic heterocycles. The summed E-state index contributed by atoms with van der Waals surface area (Å²) in [4.78, 5) is 19.0. The van der Waals surface area contributed by atoms with Crippen LogP contribution >= 0.6 is 11.6 Å². The molecule has 0 saturated heterocycles. The predicted molar refractivity (Wildman–Crippen MR) is 108 cm³/mol. The summed E-state index contributed by atoms with van der Waals surface area (Å²) >= 11 is 6.12. The summed E-state index contributed by atoms with van der Waals surface area (Å²) in [5.74, 6) is -0.243. The molecular formula is C21H20ClN3O. The van der Waals surface area contributed by atoms with Crippen LogP contribution in [-0.2, 0) is 0 Å². The Kier molecular flexibility index (Phi) is 5.54. The van der Waals surface area contributed by atoms with E-state index in [0.717, 1.165) is 17.9 Å². The number of rotatable bonds is 5. The molecule has 3 rings (SSSR count). The van der Waals surface area contributed by atoms with E-state index in [1.54, 1.807) is 24.5 Å². The van der Waals surface area contributed by atoms with Gasteiger partial charge in [-0.1, -0.05) is 35.9 Å². The third-order valence-electron chi connectivity index (χ3n) is 4.05. The zero-order valence-corrected chi connectivity index (χ0v) is 15.5. The number of halogens is 1. The summed E-state index contributed by atoms with van der Waals surface area (Å²) in [6.45, 7) is 4.89. The topological polar surface area (TPSA) is 45.2 Å². The van der Waals surface area contributed by atoms with Crippen molar-refractivity contribution < 1.29 is 4.79 Å². The average Bonchev–Trinajstić information content (AvgIpc) is 2.64. The molecular weight excluding hydrogens is 346 g/mol. The van der Waals surface area contributed by atoms with Gasteiger partial charge in [0, 0.05) is 18.4 Å². The number of nitrogens with zero attached hydrogens (tertiary/aromatic N) is 2. The first-order valence-electron chi connectivity index (χ1n) is 8.43. The Morgan fingerprint density at radius 1 is 1.08 bits per heavy atom. The van der Waals surface area contributed by atoms with Gasteiger partial charge in [-0.05, 0) is 49.7 Å². The second-order valence-corrected chi connectivity index (χ2v) is 6.36. The van der Waals surface area contributed by atoms with Gasteiger partial charge in [-0.2, -0.15) is 0 Å². The predicted octanol–water partition coefficient (Wildman–Crippen LogP) is 5.45. The van der Waals surface area contributed by atoms with Gasteiger partial charge in [0.05, 0.1) is 28.2 Å². The first-order valence-corrected chi connectivity index (χ1v) is 8.81. The zero-order valence-electron chi connectivity index (χ0n) is 14.7. The molecule has 132 valence electrons. The third-order valence-corrected chi connectivity index (χ3v) is 4.38. The minimum atomic E-state index is -0.243. The molecule has 0 saturated carbocycles. The lowest BCUT2D eigenvalue weighted by Gasteiger charge is -2.23. The number of anilines is 3. The molecule has 2 aromatic carbocycles. The smallest absolute Gasteiger partial charge is 0.257 e. The number of nitrogens with one attached hydrogen (secondary N) is 1. The van der Waals surface area contributed by atoms with Crippen molar-refractivity contribution in [2.45, 2.75) is 13.8 Å². The molecule has 0 aliphatic rings. The van der Waals surface area contributed by atoms with Crippen molar-refractivity contribution in [1.82, 2.24) is 4.98 Å². The van der Waals surface area contributed by atoms with E-state index in [9.17, 15) is 4.79 Å². The minimum absolute atomic E-state index is 0.243. The van der Waals surface area contributed by atoms with Gasteiger partial charge in [0.1, 0.15) is 0 Å². The highest BCUT2D eigenvalue weighted by molar-refractivity contribution is 6.33. The fourth-order valence-electron chi connectivity index (χ4n) is 2.77. The highest BCUT2D eigenvalue weighted by Gasteiger charge is 2.13. The standard InChI is InChI=1S/C21H20ClN3O/c1-3-25(17-8-6-7-15(2)11-17)18-12-16(13-23-14-18)21(26)24-20-10-5-4-9-19(20)22/h4-14H,3H2,1-2H3,(H,24,26). The van der Waals surface area contributed by atoms with Crippen LogP contribution in [0, 0.1) is 6.92 Å². The van der Waals surface area contributed by atoms with Crippen LogP contribution in [0.15, 0.2) is 67.0 Å². The van der Waals surface area contributed by atoms with Gasteiger partial charge in [0.2, 0.25) is 0 Å². The van der Waals surface area contributed by atoms with Crippen molar-refractivity contribution in [2.75, 3.05) is 16.8 Å². The number of benzene rings is 2. The van der Waals surface area contributed by atoms with Gasteiger partial charge in [0.15, 0.2) is 0 Å². The summed E-state index contributed by atoms with van der Waals surface area (Å²) < 4.78 is 0. The lowest BCUT2D eigenvalue weighted by Crippen LogP contribution is -2.18. The number of hydrogen-bond acceptors (Lipinski definition) is 3. The van der Waals surface area contributed by atoms with Crippen molar-refractivity contribution >= 4 is 34.6 Å². The van der Waals surface area contributed by atoms with Crippen molar-refractivity contribution in [3.63, 3.8) is 0 Å². The number of pyridine rings is 1. The summed E-state index contributed by atoms with van der Waals surface area (Å²) in [6.07, 6.45) is 3.32. The summed E-state index contributed by atoms with van der Waals surface area (Å²) in [5.41, 5.74) is 4.17. The molecule has 5 heteroatoms. The SMILES string of the molecule is CCN(c1cccc(C)c1)c1cncc(C(=O)Nc2ccccc2Cl)c1. The van der Waals surface area contributed by atoms with E-state index in [0.29, 0.717) is 16.3 Å². The molecule has 0 fully saturated rings. The highest BCUT2D eigenvalue weighted by Crippen LogP contribution is 2.26. The van der Waals surface area contributed by atoms with Crippen LogP contribution < -0.4 is 10.2 Å². The molecule has 0 bridgehead atoms. The molecule has 1 heterocycles. The van der Waals surface area contributed by atoms with E-state index in [1.165, 1.54) is 5.56 Å². The lowest BCUT2D eigenvalue weighted by atomic mass is 10.1. The Hall–Kier alpha value is -2.85. The molecule has 1 aromatic heterocycles. The van der Waals surface area contributed by atoms with Crippen LogP contribution in [0.1, 0.15) is 22.8 Å². The van der Waals surface area contributed by atoms with Crippen LogP contribution in [0.25, 0.3) is 0 Å². The molecule has 1 amide bonds. The zero-order chi connectivity index (χ0) is 18.5. The maximum atomic E-state index is 12.6. The van der Waals surface area contributed by atoms with Gasteiger partial charge in [-0.3, -0.25) is 9.78 Å². The van der Waals surface area contributed by atoms with Gasteiger partial charge in [-0.15, -0.1) is 0 Å². The van der Waals surface area contributed by atoms with E-state index < -0.39 is 0 Å². The number of carbonyl (C=O) groups is 1. The normalized spacial score (nSPS) is 10.4. The van der Waals surface area contributed by atoms with Crippen molar-refractivity contribution in [3.8, 4) is 0 Å². The molecule has 0 radical (unpaired) electrons. The van der Waals surface area contributed by atoms with Crippen LogP contribution in [-0.4, -0.2) is 17.4 Å². The van der Waals surface area contributed by atoms with Gasteiger partial charge >= 0.3 is 0 Å². The second-order valence-electron chi connectivity index (χ2n) is 5.95. The van der Waals surface area contributed by atoms with E-state index in [1.807, 2.05) is 30.3 Å². The summed E-state index contributed by atoms with van der Waals surface area (Å²) in [6, 6.07) is 17.2. The first-order chi connectivity index (χ1) is 12.6. The molecule has 0 unspecified atom stereocenters. The number of hydrogen-bond donors (Lipinski definition) is 1. The van der Waals surface area contributed by atoms with E-state index in [2.05, 4.69) is 41.2 Å². The van der Waals surface area contributed by atoms with Gasteiger partial charge in [0.25, 0.3) is 5.91 Å². The minimum Gasteiger partial charge on any atom is -0.340 e. The monoisotopic (exact) mass is 365 g/mol. The van der Waals surface area contributed by atoms with Crippen LogP contribution in [0.4, 0.5) is 17.1 Å². The highest BCUT2D eigenvalue weighted by atomic mass is 35.5.